The molecule has 0 atom stereocenters. The third-order valence-corrected chi connectivity index (χ3v) is 3.61. The molecule has 0 saturated carbocycles. The Kier molecular flexibility index (Phi) is 7.66. The lowest BCUT2D eigenvalue weighted by Gasteiger charge is -2.26. The maximum Gasteiger partial charge on any atom is 0.0411 e. The van der Waals surface area contributed by atoms with Gasteiger partial charge in [-0.25, -0.2) is 0 Å². The molecule has 116 valence electrons. The molecule has 0 aliphatic heterocycles. The number of hydrogen-bond acceptors (Lipinski definition) is 2. The van der Waals surface area contributed by atoms with Crippen molar-refractivity contribution in [3.8, 4) is 0 Å². The second kappa shape index (κ2) is 9.28. The monoisotopic (exact) mass is 286 g/mol. The van der Waals surface area contributed by atoms with Gasteiger partial charge in [0.2, 0.25) is 0 Å². The minimum atomic E-state index is 0.928. The summed E-state index contributed by atoms with van der Waals surface area (Å²) in [5.41, 5.74) is 4.67. The highest BCUT2D eigenvalue weighted by Gasteiger charge is 2.07. The van der Waals surface area contributed by atoms with E-state index in [1.807, 2.05) is 6.07 Å². The maximum atomic E-state index is 4.25. The third kappa shape index (κ3) is 6.07. The quantitative estimate of drug-likeness (QED) is 0.625. The van der Waals surface area contributed by atoms with E-state index in [2.05, 4.69) is 62.3 Å². The van der Waals surface area contributed by atoms with E-state index in [0.717, 1.165) is 37.3 Å². The van der Waals surface area contributed by atoms with Gasteiger partial charge in [-0.1, -0.05) is 45.2 Å². The number of para-hydroxylation sites is 1. The predicted octanol–water partition coefficient (Wildman–Crippen LogP) is 5.34. The Morgan fingerprint density at radius 1 is 1.05 bits per heavy atom. The summed E-state index contributed by atoms with van der Waals surface area (Å²) in [6, 6.07) is 8.30. The molecule has 0 radical (unpaired) electrons. The highest BCUT2D eigenvalue weighted by Crippen LogP contribution is 2.19. The summed E-state index contributed by atoms with van der Waals surface area (Å²) in [7, 11) is 0. The number of nitrogens with zero attached hydrogens (tertiary/aromatic N) is 1. The molecule has 0 amide bonds. The number of benzene rings is 1. The van der Waals surface area contributed by atoms with Crippen LogP contribution in [0.2, 0.25) is 0 Å². The number of allylic oxidation sites excluding steroid dienone is 2. The van der Waals surface area contributed by atoms with Gasteiger partial charge in [0.1, 0.15) is 0 Å². The van der Waals surface area contributed by atoms with Crippen molar-refractivity contribution in [1.82, 2.24) is 4.90 Å². The first-order valence-electron chi connectivity index (χ1n) is 8.01. The fraction of sp³-hybridized carbons (Fsp3) is 0.474. The van der Waals surface area contributed by atoms with Crippen molar-refractivity contribution in [3.05, 3.63) is 54.4 Å². The second-order valence-electron chi connectivity index (χ2n) is 5.60. The zero-order chi connectivity index (χ0) is 15.7. The van der Waals surface area contributed by atoms with E-state index in [-0.39, 0.29) is 0 Å². The first-order chi connectivity index (χ1) is 10.1. The molecule has 0 spiro atoms. The molecule has 0 aliphatic carbocycles. The summed E-state index contributed by atoms with van der Waals surface area (Å²) >= 11 is 0. The summed E-state index contributed by atoms with van der Waals surface area (Å²) in [6.07, 6.45) is 4.23. The van der Waals surface area contributed by atoms with Crippen LogP contribution in [0.4, 0.5) is 5.69 Å². The van der Waals surface area contributed by atoms with Crippen LogP contribution in [0.3, 0.4) is 0 Å². The smallest absolute Gasteiger partial charge is 0.0411 e. The van der Waals surface area contributed by atoms with Gasteiger partial charge in [0.25, 0.3) is 0 Å². The second-order valence-corrected chi connectivity index (χ2v) is 5.60. The molecule has 0 aliphatic rings. The number of hydrogen-bond donors (Lipinski definition) is 1. The van der Waals surface area contributed by atoms with Crippen molar-refractivity contribution >= 4 is 5.69 Å². The number of rotatable bonds is 10. The Bertz CT molecular complexity index is 456. The Hall–Kier alpha value is -1.70. The Morgan fingerprint density at radius 2 is 1.67 bits per heavy atom. The highest BCUT2D eigenvalue weighted by molar-refractivity contribution is 5.53. The normalized spacial score (nSPS) is 10.2. The van der Waals surface area contributed by atoms with Crippen LogP contribution in [0, 0.1) is 6.92 Å². The van der Waals surface area contributed by atoms with Crippen LogP contribution < -0.4 is 5.32 Å². The molecule has 1 rings (SSSR count). The highest BCUT2D eigenvalue weighted by atomic mass is 15.1. The van der Waals surface area contributed by atoms with Crippen molar-refractivity contribution in [2.45, 2.75) is 46.5 Å². The zero-order valence-electron chi connectivity index (χ0n) is 13.9. The van der Waals surface area contributed by atoms with Crippen LogP contribution in [0.25, 0.3) is 0 Å². The molecule has 2 nitrogen and oxygen atoms in total. The summed E-state index contributed by atoms with van der Waals surface area (Å²) in [6.45, 7) is 17.1. The van der Waals surface area contributed by atoms with Crippen molar-refractivity contribution < 1.29 is 0 Å². The number of nitrogens with one attached hydrogen (secondary N) is 1. The summed E-state index contributed by atoms with van der Waals surface area (Å²) < 4.78 is 0. The molecular formula is C19H30N2. The Labute approximate surface area is 130 Å². The van der Waals surface area contributed by atoms with Crippen LogP contribution in [0.15, 0.2) is 48.8 Å². The average molecular weight is 286 g/mol. The van der Waals surface area contributed by atoms with Crippen LogP contribution in [-0.2, 0) is 0 Å². The van der Waals surface area contributed by atoms with E-state index in [0.29, 0.717) is 0 Å². The molecule has 0 fully saturated rings. The molecule has 0 aromatic heterocycles. The Morgan fingerprint density at radius 3 is 2.24 bits per heavy atom. The first kappa shape index (κ1) is 17.4. The van der Waals surface area contributed by atoms with E-state index >= 15 is 0 Å². The van der Waals surface area contributed by atoms with Gasteiger partial charge >= 0.3 is 0 Å². The largest absolute Gasteiger partial charge is 0.375 e. The summed E-state index contributed by atoms with van der Waals surface area (Å²) in [5.74, 6) is 0. The zero-order valence-corrected chi connectivity index (χ0v) is 13.9. The van der Waals surface area contributed by atoms with Crippen LogP contribution in [-0.4, -0.2) is 18.0 Å². The molecule has 1 aromatic carbocycles. The fourth-order valence-electron chi connectivity index (χ4n) is 2.39. The van der Waals surface area contributed by atoms with Crippen LogP contribution >= 0.6 is 0 Å². The molecule has 0 unspecified atom stereocenters. The summed E-state index contributed by atoms with van der Waals surface area (Å²) in [5, 5.41) is 3.41. The minimum absolute atomic E-state index is 0.928. The predicted molar refractivity (Wildman–Crippen MR) is 94.5 cm³/mol. The van der Waals surface area contributed by atoms with Gasteiger partial charge in [-0.3, -0.25) is 0 Å². The molecular weight excluding hydrogens is 256 g/mol. The van der Waals surface area contributed by atoms with Gasteiger partial charge in [0, 0.05) is 30.2 Å². The van der Waals surface area contributed by atoms with Crippen LogP contribution in [0.1, 0.15) is 45.1 Å². The lowest BCUT2D eigenvalue weighted by atomic mass is 10.1. The fourth-order valence-corrected chi connectivity index (χ4v) is 2.39. The van der Waals surface area contributed by atoms with Gasteiger partial charge < -0.3 is 10.2 Å². The third-order valence-electron chi connectivity index (χ3n) is 3.61. The molecule has 2 heteroatoms. The molecule has 1 aromatic rings. The van der Waals surface area contributed by atoms with E-state index in [4.69, 9.17) is 0 Å². The molecule has 0 bridgehead atoms. The van der Waals surface area contributed by atoms with E-state index in [1.165, 1.54) is 24.1 Å². The van der Waals surface area contributed by atoms with Gasteiger partial charge in [-0.2, -0.15) is 0 Å². The van der Waals surface area contributed by atoms with E-state index in [9.17, 15) is 0 Å². The minimum Gasteiger partial charge on any atom is -0.375 e. The maximum absolute atomic E-state index is 4.25. The van der Waals surface area contributed by atoms with Crippen molar-refractivity contribution in [3.63, 3.8) is 0 Å². The SMILES string of the molecule is C=C(CCC(=C)N(CCC)CCC)Nc1ccccc1C. The van der Waals surface area contributed by atoms with Crippen LogP contribution in [0.5, 0.6) is 0 Å². The lowest BCUT2D eigenvalue weighted by Crippen LogP contribution is -2.24. The molecule has 0 heterocycles. The first-order valence-corrected chi connectivity index (χ1v) is 8.01. The standard InChI is InChI=1S/C19H30N2/c1-6-14-21(15-7-2)18(5)13-12-17(4)20-19-11-9-8-10-16(19)3/h8-11,20H,4-7,12-15H2,1-3H3. The molecule has 1 N–H and O–H groups in total. The van der Waals surface area contributed by atoms with Gasteiger partial charge in [0.05, 0.1) is 0 Å². The van der Waals surface area contributed by atoms with Crippen molar-refractivity contribution in [2.75, 3.05) is 18.4 Å². The van der Waals surface area contributed by atoms with Gasteiger partial charge in [0.15, 0.2) is 0 Å². The van der Waals surface area contributed by atoms with E-state index in [1.54, 1.807) is 0 Å². The van der Waals surface area contributed by atoms with Crippen molar-refractivity contribution in [2.24, 2.45) is 0 Å². The number of aryl methyl sites for hydroxylation is 1. The van der Waals surface area contributed by atoms with Gasteiger partial charge in [-0.15, -0.1) is 0 Å². The Balaban J connectivity index is 2.45. The number of anilines is 1. The average Bonchev–Trinajstić information content (AvgIpc) is 2.47. The van der Waals surface area contributed by atoms with E-state index < -0.39 is 0 Å². The topological polar surface area (TPSA) is 15.3 Å². The summed E-state index contributed by atoms with van der Waals surface area (Å²) in [4.78, 5) is 2.40. The molecule has 21 heavy (non-hydrogen) atoms. The van der Waals surface area contributed by atoms with Gasteiger partial charge in [-0.05, 0) is 44.2 Å². The van der Waals surface area contributed by atoms with Crippen molar-refractivity contribution in [1.29, 1.82) is 0 Å². The molecule has 0 saturated heterocycles. The lowest BCUT2D eigenvalue weighted by molar-refractivity contribution is 0.334.